The van der Waals surface area contributed by atoms with Crippen LogP contribution in [0.25, 0.3) is 0 Å². The Morgan fingerprint density at radius 3 is 2.78 bits per heavy atom. The molecule has 4 heterocycles. The standard InChI is InChI=1S/C18H18N8O8S3/c1-25-18(22-12(28)13(29)23-25)37-4-6-3-35-15-9(14(30)26(15,33)10(6)16(31)32)21-11(27)8(24-34-2)7-5-36-17(19)20-7/h5,9,15H,3-4H2,1-2H3,(H2,19,20)(H,21,27)(H,23,29)(H,31,32)/b24-8-/t9-,15-,26?/m1/s1. The third-order valence-electron chi connectivity index (χ3n) is 5.31. The van der Waals surface area contributed by atoms with Gasteiger partial charge in [-0.1, -0.05) is 28.7 Å². The minimum Gasteiger partial charge on any atom is -0.619 e. The van der Waals surface area contributed by atoms with Crippen LogP contribution in [0, 0.1) is 5.21 Å². The first-order valence-corrected chi connectivity index (χ1v) is 13.1. The van der Waals surface area contributed by atoms with E-state index >= 15 is 0 Å². The molecule has 2 aliphatic heterocycles. The fraction of sp³-hybridized carbons (Fsp3) is 0.333. The Labute approximate surface area is 218 Å². The molecule has 0 aromatic carbocycles. The Bertz CT molecular complexity index is 1480. The Morgan fingerprint density at radius 2 is 2.16 bits per heavy atom. The van der Waals surface area contributed by atoms with Crippen molar-refractivity contribution in [3.8, 4) is 0 Å². The number of carboxylic acid groups (broad SMARTS) is 1. The van der Waals surface area contributed by atoms with E-state index in [-0.39, 0.29) is 38.8 Å². The maximum absolute atomic E-state index is 13.6. The third kappa shape index (κ3) is 4.66. The summed E-state index contributed by atoms with van der Waals surface area (Å²) in [6.07, 6.45) is 0. The van der Waals surface area contributed by atoms with Crippen molar-refractivity contribution in [3.05, 3.63) is 48.3 Å². The molecule has 1 fully saturated rings. The fourth-order valence-electron chi connectivity index (χ4n) is 3.69. The molecule has 196 valence electrons. The van der Waals surface area contributed by atoms with E-state index in [1.54, 1.807) is 0 Å². The number of aliphatic carboxylic acids is 1. The number of carbonyl (C=O) groups is 3. The summed E-state index contributed by atoms with van der Waals surface area (Å²) in [5.41, 5.74) is 2.96. The lowest BCUT2D eigenvalue weighted by molar-refractivity contribution is -0.805. The Kier molecular flexibility index (Phi) is 7.24. The van der Waals surface area contributed by atoms with Crippen LogP contribution in [0.4, 0.5) is 5.13 Å². The van der Waals surface area contributed by atoms with Crippen molar-refractivity contribution < 1.29 is 29.0 Å². The normalized spacial score (nSPS) is 23.3. The fourth-order valence-corrected chi connectivity index (χ4v) is 6.70. The number of nitrogen functional groups attached to an aromatic ring is 1. The predicted octanol–water partition coefficient (Wildman–Crippen LogP) is -1.60. The van der Waals surface area contributed by atoms with Crippen LogP contribution in [0.2, 0.25) is 0 Å². The van der Waals surface area contributed by atoms with E-state index in [9.17, 15) is 34.3 Å². The number of carboxylic acids is 1. The summed E-state index contributed by atoms with van der Waals surface area (Å²) < 4.78 is -0.593. The zero-order valence-electron chi connectivity index (χ0n) is 19.0. The number of oxime groups is 1. The van der Waals surface area contributed by atoms with E-state index in [1.807, 2.05) is 0 Å². The molecule has 2 aromatic heterocycles. The van der Waals surface area contributed by atoms with Crippen LogP contribution in [0.1, 0.15) is 5.69 Å². The molecule has 0 spiro atoms. The lowest BCUT2D eigenvalue weighted by Crippen LogP contribution is -2.79. The number of thiazole rings is 1. The number of β-lactam (4-membered cyclic amide) rings is 1. The monoisotopic (exact) mass is 570 g/mol. The predicted molar refractivity (Wildman–Crippen MR) is 132 cm³/mol. The quantitative estimate of drug-likeness (QED) is 0.0533. The number of nitrogens with one attached hydrogen (secondary N) is 2. The second kappa shape index (κ2) is 10.1. The number of quaternary nitrogens is 1. The molecule has 2 amide bonds. The first kappa shape index (κ1) is 26.5. The van der Waals surface area contributed by atoms with E-state index in [0.29, 0.717) is 0 Å². The number of nitrogens with two attached hydrogens (primary N) is 1. The van der Waals surface area contributed by atoms with Gasteiger partial charge in [0.05, 0.1) is 0 Å². The summed E-state index contributed by atoms with van der Waals surface area (Å²) in [5.74, 6) is -3.55. The number of aryl methyl sites for hydroxylation is 1. The average molecular weight is 571 g/mol. The minimum absolute atomic E-state index is 0.0557. The Balaban J connectivity index is 1.56. The van der Waals surface area contributed by atoms with Crippen molar-refractivity contribution >= 4 is 63.5 Å². The molecule has 0 saturated carbocycles. The zero-order chi connectivity index (χ0) is 27.1. The van der Waals surface area contributed by atoms with Gasteiger partial charge >= 0.3 is 23.0 Å². The molecule has 1 unspecified atom stereocenters. The van der Waals surface area contributed by atoms with Crippen LogP contribution in [0.5, 0.6) is 0 Å². The molecule has 5 N–H and O–H groups in total. The topological polar surface area (TPSA) is 235 Å². The number of aromatic amines is 1. The second-order valence-corrected chi connectivity index (χ2v) is 10.5. The largest absolute Gasteiger partial charge is 0.619 e. The summed E-state index contributed by atoms with van der Waals surface area (Å²) in [6, 6.07) is -1.29. The molecule has 0 radical (unpaired) electrons. The molecule has 2 aromatic rings. The van der Waals surface area contributed by atoms with E-state index in [0.717, 1.165) is 34.9 Å². The van der Waals surface area contributed by atoms with Gasteiger partial charge in [0, 0.05) is 29.5 Å². The number of aromatic nitrogens is 4. The van der Waals surface area contributed by atoms with Gasteiger partial charge in [0.1, 0.15) is 12.8 Å². The lowest BCUT2D eigenvalue weighted by Gasteiger charge is -2.57. The Morgan fingerprint density at radius 1 is 1.43 bits per heavy atom. The summed E-state index contributed by atoms with van der Waals surface area (Å²) in [5, 5.41) is 32.2. The van der Waals surface area contributed by atoms with Gasteiger partial charge in [0.2, 0.25) is 11.7 Å². The van der Waals surface area contributed by atoms with Gasteiger partial charge in [-0.3, -0.25) is 24.2 Å². The van der Waals surface area contributed by atoms with Crippen molar-refractivity contribution in [2.75, 3.05) is 24.3 Å². The van der Waals surface area contributed by atoms with E-state index < -0.39 is 50.7 Å². The van der Waals surface area contributed by atoms with Gasteiger partial charge < -0.3 is 26.2 Å². The molecular formula is C18H18N8O8S3. The first-order chi connectivity index (χ1) is 17.5. The lowest BCUT2D eigenvalue weighted by atomic mass is 10.0. The summed E-state index contributed by atoms with van der Waals surface area (Å²) in [7, 11) is 2.64. The van der Waals surface area contributed by atoms with E-state index in [1.165, 1.54) is 24.2 Å². The molecule has 2 aliphatic rings. The van der Waals surface area contributed by atoms with Crippen LogP contribution < -0.4 is 22.2 Å². The molecule has 3 atom stereocenters. The third-order valence-corrected chi connectivity index (χ3v) is 8.52. The molecule has 4 rings (SSSR count). The Hall–Kier alpha value is -3.52. The highest BCUT2D eigenvalue weighted by Crippen LogP contribution is 2.47. The number of nitrogens with zero attached hydrogens (tertiary/aromatic N) is 5. The number of carbonyl (C=O) groups excluding carboxylic acids is 2. The summed E-state index contributed by atoms with van der Waals surface area (Å²) in [6.45, 7) is 0. The highest BCUT2D eigenvalue weighted by atomic mass is 32.2. The van der Waals surface area contributed by atoms with Crippen molar-refractivity contribution in [1.82, 2.24) is 25.1 Å². The van der Waals surface area contributed by atoms with Crippen LogP contribution in [-0.2, 0) is 26.3 Å². The van der Waals surface area contributed by atoms with Gasteiger partial charge in [-0.25, -0.2) is 19.2 Å². The molecule has 1 saturated heterocycles. The van der Waals surface area contributed by atoms with Crippen molar-refractivity contribution in [1.29, 1.82) is 0 Å². The van der Waals surface area contributed by atoms with Crippen LogP contribution in [-0.4, -0.2) is 83.0 Å². The first-order valence-electron chi connectivity index (χ1n) is 10.1. The van der Waals surface area contributed by atoms with Crippen molar-refractivity contribution in [2.45, 2.75) is 16.6 Å². The molecule has 19 heteroatoms. The maximum atomic E-state index is 13.6. The van der Waals surface area contributed by atoms with Gasteiger partial charge in [0.15, 0.2) is 21.4 Å². The smallest absolute Gasteiger partial charge is 0.391 e. The number of hydrogen-bond acceptors (Lipinski definition) is 14. The number of anilines is 1. The number of hydroxylamine groups is 3. The van der Waals surface area contributed by atoms with Crippen LogP contribution in [0.3, 0.4) is 0 Å². The van der Waals surface area contributed by atoms with E-state index in [4.69, 9.17) is 5.73 Å². The average Bonchev–Trinajstić information content (AvgIpc) is 3.27. The molecule has 16 nitrogen and oxygen atoms in total. The minimum atomic E-state index is -1.78. The molecular weight excluding hydrogens is 552 g/mol. The van der Waals surface area contributed by atoms with Crippen molar-refractivity contribution in [2.24, 2.45) is 12.2 Å². The molecule has 37 heavy (non-hydrogen) atoms. The SMILES string of the molecule is CO/N=C(\C(=O)N[C@@H]1C(=O)[N+]2([O-])C(C(=O)O)=C(CSc3nc(=O)c(=O)[nH]n3C)CS[C@H]12)c1csc(N)n1. The number of H-pyrrole nitrogens is 1. The van der Waals surface area contributed by atoms with Gasteiger partial charge in [0.25, 0.3) is 5.91 Å². The van der Waals surface area contributed by atoms with Gasteiger partial charge in [-0.15, -0.1) is 11.3 Å². The maximum Gasteiger partial charge on any atom is 0.391 e. The van der Waals surface area contributed by atoms with Gasteiger partial charge in [-0.05, 0) is 0 Å². The highest BCUT2D eigenvalue weighted by Gasteiger charge is 2.66. The van der Waals surface area contributed by atoms with Crippen LogP contribution >= 0.6 is 34.9 Å². The zero-order valence-corrected chi connectivity index (χ0v) is 21.4. The summed E-state index contributed by atoms with van der Waals surface area (Å²) >= 11 is 2.97. The van der Waals surface area contributed by atoms with E-state index in [2.05, 4.69) is 30.4 Å². The van der Waals surface area contributed by atoms with Crippen LogP contribution in [0.15, 0.2) is 36.6 Å². The van der Waals surface area contributed by atoms with Gasteiger partial charge in [-0.2, -0.15) is 4.98 Å². The van der Waals surface area contributed by atoms with Crippen molar-refractivity contribution in [3.63, 3.8) is 0 Å². The number of thioether (sulfide) groups is 2. The number of fused-ring (bicyclic) bond motifs is 1. The highest BCUT2D eigenvalue weighted by molar-refractivity contribution is 8.00. The number of amides is 2. The number of rotatable bonds is 8. The molecule has 0 aliphatic carbocycles. The summed E-state index contributed by atoms with van der Waals surface area (Å²) in [4.78, 5) is 73.1. The number of hydrogen-bond donors (Lipinski definition) is 4. The second-order valence-electron chi connectivity index (χ2n) is 7.59. The molecule has 0 bridgehead atoms.